The fraction of sp³-hybridized carbons (Fsp3) is 0.280. The minimum absolute atomic E-state index is 0.0567. The lowest BCUT2D eigenvalue weighted by molar-refractivity contribution is -0.154. The Morgan fingerprint density at radius 2 is 1.68 bits per heavy atom. The number of furan rings is 1. The second kappa shape index (κ2) is 9.44. The molecule has 2 amide bonds. The lowest BCUT2D eigenvalue weighted by Crippen LogP contribution is -2.69. The molecule has 1 atom stereocenters. The number of piperazine rings is 1. The van der Waals surface area contributed by atoms with Crippen LogP contribution < -0.4 is 5.32 Å². The van der Waals surface area contributed by atoms with Crippen LogP contribution in [0.15, 0.2) is 82.1 Å². The first-order valence-corrected chi connectivity index (χ1v) is 12.4. The predicted molar refractivity (Wildman–Crippen MR) is 126 cm³/mol. The molecule has 1 aromatic heterocycles. The SMILES string of the molecule is Cc1ccc(CN2C(=O)CN(S(=O)(=O)c3ccccc3)C[C@]2(C)C(=O)NCc2ccccc2)o1. The van der Waals surface area contributed by atoms with Gasteiger partial charge in [-0.25, -0.2) is 8.42 Å². The molecule has 178 valence electrons. The van der Waals surface area contributed by atoms with Crippen molar-refractivity contribution in [2.75, 3.05) is 13.1 Å². The summed E-state index contributed by atoms with van der Waals surface area (Å²) >= 11 is 0. The highest BCUT2D eigenvalue weighted by molar-refractivity contribution is 7.89. The quantitative estimate of drug-likeness (QED) is 0.559. The standard InChI is InChI=1S/C25H27N3O5S/c1-19-13-14-21(33-19)16-28-23(29)17-27(34(31,32)22-11-7-4-8-12-22)18-25(28,2)24(30)26-15-20-9-5-3-6-10-20/h3-14H,15-18H2,1-2H3,(H,26,30)/t25-/m1/s1. The Kier molecular flexibility index (Phi) is 6.58. The second-order valence-corrected chi connectivity index (χ2v) is 10.5. The summed E-state index contributed by atoms with van der Waals surface area (Å²) < 4.78 is 33.3. The molecule has 0 bridgehead atoms. The number of amides is 2. The highest BCUT2D eigenvalue weighted by Gasteiger charge is 2.50. The number of nitrogens with one attached hydrogen (secondary N) is 1. The molecule has 1 aliphatic heterocycles. The third-order valence-corrected chi connectivity index (χ3v) is 7.77. The minimum Gasteiger partial charge on any atom is -0.464 e. The Labute approximate surface area is 199 Å². The molecule has 1 fully saturated rings. The van der Waals surface area contributed by atoms with E-state index in [2.05, 4.69) is 5.32 Å². The first kappa shape index (κ1) is 23.7. The molecule has 9 heteroatoms. The molecule has 0 aliphatic carbocycles. The van der Waals surface area contributed by atoms with Gasteiger partial charge in [0.15, 0.2) is 0 Å². The molecule has 1 N–H and O–H groups in total. The van der Waals surface area contributed by atoms with Gasteiger partial charge in [0.1, 0.15) is 17.1 Å². The van der Waals surface area contributed by atoms with Gasteiger partial charge in [-0.3, -0.25) is 9.59 Å². The summed E-state index contributed by atoms with van der Waals surface area (Å²) in [6.07, 6.45) is 0. The average Bonchev–Trinajstić information content (AvgIpc) is 3.25. The van der Waals surface area contributed by atoms with Crippen LogP contribution in [0.3, 0.4) is 0 Å². The Balaban J connectivity index is 1.65. The number of sulfonamides is 1. The van der Waals surface area contributed by atoms with E-state index in [9.17, 15) is 18.0 Å². The van der Waals surface area contributed by atoms with Crippen molar-refractivity contribution in [3.05, 3.63) is 89.9 Å². The number of aryl methyl sites for hydroxylation is 1. The summed E-state index contributed by atoms with van der Waals surface area (Å²) in [6, 6.07) is 20.8. The number of carbonyl (C=O) groups excluding carboxylic acids is 2. The molecule has 1 aliphatic rings. The monoisotopic (exact) mass is 481 g/mol. The minimum atomic E-state index is -3.98. The molecule has 3 aromatic rings. The third-order valence-electron chi connectivity index (χ3n) is 5.97. The maximum atomic E-state index is 13.5. The van der Waals surface area contributed by atoms with Crippen molar-refractivity contribution in [3.8, 4) is 0 Å². The summed E-state index contributed by atoms with van der Waals surface area (Å²) in [5.74, 6) is 0.286. The summed E-state index contributed by atoms with van der Waals surface area (Å²) in [6.45, 7) is 3.15. The van der Waals surface area contributed by atoms with Crippen molar-refractivity contribution in [2.45, 2.75) is 37.4 Å². The summed E-state index contributed by atoms with van der Waals surface area (Å²) in [5, 5.41) is 2.88. The topological polar surface area (TPSA) is 99.9 Å². The molecule has 0 radical (unpaired) electrons. The smallest absolute Gasteiger partial charge is 0.247 e. The van der Waals surface area contributed by atoms with E-state index < -0.39 is 27.4 Å². The van der Waals surface area contributed by atoms with Crippen molar-refractivity contribution in [3.63, 3.8) is 0 Å². The van der Waals surface area contributed by atoms with Crippen molar-refractivity contribution < 1.29 is 22.4 Å². The van der Waals surface area contributed by atoms with Crippen LogP contribution in [0.1, 0.15) is 24.0 Å². The molecule has 34 heavy (non-hydrogen) atoms. The zero-order chi connectivity index (χ0) is 24.3. The van der Waals surface area contributed by atoms with Crippen LogP contribution in [0.2, 0.25) is 0 Å². The highest BCUT2D eigenvalue weighted by atomic mass is 32.2. The summed E-state index contributed by atoms with van der Waals surface area (Å²) in [7, 11) is -3.98. The summed E-state index contributed by atoms with van der Waals surface area (Å²) in [5.41, 5.74) is -0.560. The Bertz CT molecular complexity index is 1270. The van der Waals surface area contributed by atoms with E-state index in [4.69, 9.17) is 4.42 Å². The first-order valence-electron chi connectivity index (χ1n) is 10.9. The van der Waals surface area contributed by atoms with Gasteiger partial charge in [-0.05, 0) is 43.7 Å². The Hall–Kier alpha value is -3.43. The largest absolute Gasteiger partial charge is 0.464 e. The fourth-order valence-electron chi connectivity index (χ4n) is 4.06. The Morgan fingerprint density at radius 1 is 1.03 bits per heavy atom. The van der Waals surface area contributed by atoms with Crippen LogP contribution in [0, 0.1) is 6.92 Å². The second-order valence-electron chi connectivity index (χ2n) is 8.52. The van der Waals surface area contributed by atoms with Crippen molar-refractivity contribution in [2.24, 2.45) is 0 Å². The molecule has 0 spiro atoms. The molecular formula is C25H27N3O5S. The van der Waals surface area contributed by atoms with E-state index in [1.165, 1.54) is 17.0 Å². The zero-order valence-corrected chi connectivity index (χ0v) is 19.9. The van der Waals surface area contributed by atoms with Gasteiger partial charge in [0, 0.05) is 13.1 Å². The highest BCUT2D eigenvalue weighted by Crippen LogP contribution is 2.29. The lowest BCUT2D eigenvalue weighted by atomic mass is 9.95. The van der Waals surface area contributed by atoms with Gasteiger partial charge in [0.25, 0.3) is 0 Å². The normalized spacial score (nSPS) is 19.2. The van der Waals surface area contributed by atoms with Crippen LogP contribution in [-0.2, 0) is 32.7 Å². The van der Waals surface area contributed by atoms with E-state index in [1.54, 1.807) is 44.2 Å². The van der Waals surface area contributed by atoms with Gasteiger partial charge in [-0.2, -0.15) is 4.31 Å². The van der Waals surface area contributed by atoms with E-state index in [1.807, 2.05) is 30.3 Å². The average molecular weight is 482 g/mol. The van der Waals surface area contributed by atoms with Gasteiger partial charge in [-0.1, -0.05) is 48.5 Å². The van der Waals surface area contributed by atoms with E-state index in [0.717, 1.165) is 9.87 Å². The number of benzene rings is 2. The van der Waals surface area contributed by atoms with Crippen LogP contribution in [-0.4, -0.2) is 48.1 Å². The van der Waals surface area contributed by atoms with Gasteiger partial charge in [-0.15, -0.1) is 0 Å². The predicted octanol–water partition coefficient (Wildman–Crippen LogP) is 2.70. The van der Waals surface area contributed by atoms with Crippen molar-refractivity contribution in [1.82, 2.24) is 14.5 Å². The van der Waals surface area contributed by atoms with Gasteiger partial charge >= 0.3 is 0 Å². The van der Waals surface area contributed by atoms with E-state index in [0.29, 0.717) is 11.5 Å². The number of rotatable bonds is 7. The lowest BCUT2D eigenvalue weighted by Gasteiger charge is -2.46. The van der Waals surface area contributed by atoms with Crippen LogP contribution in [0.25, 0.3) is 0 Å². The van der Waals surface area contributed by atoms with Crippen LogP contribution in [0.4, 0.5) is 0 Å². The molecule has 2 aromatic carbocycles. The number of hydrogen-bond donors (Lipinski definition) is 1. The maximum Gasteiger partial charge on any atom is 0.247 e. The molecule has 2 heterocycles. The Morgan fingerprint density at radius 3 is 2.29 bits per heavy atom. The molecule has 0 unspecified atom stereocenters. The third kappa shape index (κ3) is 4.76. The molecule has 4 rings (SSSR count). The molecule has 8 nitrogen and oxygen atoms in total. The molecular weight excluding hydrogens is 454 g/mol. The van der Waals surface area contributed by atoms with Gasteiger partial charge in [0.05, 0.1) is 18.0 Å². The zero-order valence-electron chi connectivity index (χ0n) is 19.1. The molecule has 0 saturated carbocycles. The number of nitrogens with zero attached hydrogens (tertiary/aromatic N) is 2. The van der Waals surface area contributed by atoms with Crippen LogP contribution in [0.5, 0.6) is 0 Å². The van der Waals surface area contributed by atoms with Crippen molar-refractivity contribution >= 4 is 21.8 Å². The number of hydrogen-bond acceptors (Lipinski definition) is 5. The maximum absolute atomic E-state index is 13.5. The number of carbonyl (C=O) groups is 2. The van der Waals surface area contributed by atoms with E-state index in [-0.39, 0.29) is 31.1 Å². The molecule has 1 saturated heterocycles. The fourth-order valence-corrected chi connectivity index (χ4v) is 5.56. The van der Waals surface area contributed by atoms with Gasteiger partial charge in [0.2, 0.25) is 21.8 Å². The summed E-state index contributed by atoms with van der Waals surface area (Å²) in [4.78, 5) is 28.3. The van der Waals surface area contributed by atoms with Crippen molar-refractivity contribution in [1.29, 1.82) is 0 Å². The first-order chi connectivity index (χ1) is 16.2. The van der Waals surface area contributed by atoms with Crippen LogP contribution >= 0.6 is 0 Å². The van der Waals surface area contributed by atoms with Gasteiger partial charge < -0.3 is 14.6 Å². The van der Waals surface area contributed by atoms with E-state index >= 15 is 0 Å².